The van der Waals surface area contributed by atoms with Crippen LogP contribution < -0.4 is 14.8 Å². The Labute approximate surface area is 241 Å². The summed E-state index contributed by atoms with van der Waals surface area (Å²) >= 11 is 19.8. The monoisotopic (exact) mass is 591 g/mol. The molecule has 10 heteroatoms. The lowest BCUT2D eigenvalue weighted by atomic mass is 9.70. The van der Waals surface area contributed by atoms with Gasteiger partial charge in [0, 0.05) is 21.7 Å². The Balaban J connectivity index is 1.33. The van der Waals surface area contributed by atoms with Gasteiger partial charge < -0.3 is 9.47 Å². The first kappa shape index (κ1) is 27.4. The van der Waals surface area contributed by atoms with Crippen LogP contribution in [0.1, 0.15) is 51.2 Å². The van der Waals surface area contributed by atoms with Gasteiger partial charge in [0.15, 0.2) is 10.9 Å². The zero-order valence-corrected chi connectivity index (χ0v) is 24.6. The van der Waals surface area contributed by atoms with E-state index in [0.717, 1.165) is 29.7 Å². The van der Waals surface area contributed by atoms with Gasteiger partial charge in [-0.15, -0.1) is 5.10 Å². The summed E-state index contributed by atoms with van der Waals surface area (Å²) in [6, 6.07) is 8.73. The van der Waals surface area contributed by atoms with Crippen molar-refractivity contribution in [2.24, 2.45) is 27.0 Å². The van der Waals surface area contributed by atoms with Crippen LogP contribution in [0.15, 0.2) is 45.4 Å². The molecule has 1 N–H and O–H groups in total. The summed E-state index contributed by atoms with van der Waals surface area (Å²) in [5, 5.41) is 13.4. The predicted octanol–water partition coefficient (Wildman–Crippen LogP) is 8.00. The van der Waals surface area contributed by atoms with E-state index in [1.807, 2.05) is 24.3 Å². The third-order valence-corrected chi connectivity index (χ3v) is 10.0. The molecule has 0 unspecified atom stereocenters. The van der Waals surface area contributed by atoms with E-state index >= 15 is 0 Å². The number of carbonyl (C=O) groups excluding carboxylic acids is 1. The van der Waals surface area contributed by atoms with Crippen LogP contribution in [0, 0.1) is 16.7 Å². The second kappa shape index (κ2) is 10.4. The third kappa shape index (κ3) is 4.94. The van der Waals surface area contributed by atoms with Crippen LogP contribution >= 0.6 is 46.6 Å². The van der Waals surface area contributed by atoms with Crippen molar-refractivity contribution < 1.29 is 14.3 Å². The van der Waals surface area contributed by atoms with Gasteiger partial charge in [-0.1, -0.05) is 61.6 Å². The first-order valence-electron chi connectivity index (χ1n) is 12.3. The van der Waals surface area contributed by atoms with E-state index in [1.54, 1.807) is 19.2 Å². The number of benzene rings is 2. The number of carbonyl (C=O) groups is 1. The predicted molar refractivity (Wildman–Crippen MR) is 157 cm³/mol. The zero-order valence-electron chi connectivity index (χ0n) is 21.5. The number of nitrogens with one attached hydrogen (secondary N) is 1. The number of hydrogen-bond acceptors (Lipinski definition) is 6. The highest BCUT2D eigenvalue weighted by molar-refractivity contribution is 8.18. The van der Waals surface area contributed by atoms with Crippen molar-refractivity contribution in [1.82, 2.24) is 5.32 Å². The molecule has 2 aliphatic carbocycles. The molecular weight excluding hydrogens is 565 g/mol. The van der Waals surface area contributed by atoms with Crippen molar-refractivity contribution in [1.29, 1.82) is 0 Å². The highest BCUT2D eigenvalue weighted by Crippen LogP contribution is 2.64. The number of amidine groups is 1. The second-order valence-corrected chi connectivity index (χ2v) is 12.9. The van der Waals surface area contributed by atoms with Crippen LogP contribution in [0.5, 0.6) is 11.5 Å². The third-order valence-electron chi connectivity index (χ3n) is 8.36. The van der Waals surface area contributed by atoms with Crippen molar-refractivity contribution in [2.45, 2.75) is 46.6 Å². The van der Waals surface area contributed by atoms with E-state index in [9.17, 15) is 4.79 Å². The van der Waals surface area contributed by atoms with Gasteiger partial charge in [0.05, 0.1) is 22.1 Å². The molecule has 38 heavy (non-hydrogen) atoms. The molecule has 5 rings (SSSR count). The van der Waals surface area contributed by atoms with Gasteiger partial charge in [0.2, 0.25) is 0 Å². The fourth-order valence-corrected chi connectivity index (χ4v) is 7.33. The average molecular weight is 593 g/mol. The molecule has 2 aromatic rings. The molecule has 2 saturated carbocycles. The van der Waals surface area contributed by atoms with Gasteiger partial charge in [-0.05, 0) is 78.3 Å². The van der Waals surface area contributed by atoms with Gasteiger partial charge in [-0.3, -0.25) is 10.1 Å². The second-order valence-electron chi connectivity index (χ2n) is 10.6. The molecule has 3 fully saturated rings. The molecule has 2 bridgehead atoms. The Morgan fingerprint density at radius 3 is 2.50 bits per heavy atom. The molecule has 200 valence electrons. The number of fused-ring (bicyclic) bond motifs is 2. The fraction of sp³-hybridized carbons (Fsp3) is 0.393. The van der Waals surface area contributed by atoms with Gasteiger partial charge in [0.25, 0.3) is 5.91 Å². The van der Waals surface area contributed by atoms with Gasteiger partial charge in [-0.25, -0.2) is 0 Å². The number of amides is 1. The van der Waals surface area contributed by atoms with E-state index in [2.05, 4.69) is 36.3 Å². The Hall–Kier alpha value is -2.19. The molecule has 2 atom stereocenters. The molecule has 3 aliphatic rings. The van der Waals surface area contributed by atoms with Crippen molar-refractivity contribution in [3.63, 3.8) is 0 Å². The zero-order chi connectivity index (χ0) is 27.2. The number of ether oxygens (including phenoxy) is 2. The molecule has 1 aliphatic heterocycles. The summed E-state index contributed by atoms with van der Waals surface area (Å²) in [7, 11) is 1.58. The van der Waals surface area contributed by atoms with Gasteiger partial charge >= 0.3 is 0 Å². The van der Waals surface area contributed by atoms with Crippen molar-refractivity contribution >= 4 is 69.4 Å². The molecular formula is C28H28Cl3N3O3S. The van der Waals surface area contributed by atoms with E-state index in [0.29, 0.717) is 42.6 Å². The Bertz CT molecular complexity index is 1380. The number of hydrogen-bond donors (Lipinski definition) is 1. The molecule has 1 saturated heterocycles. The first-order valence-corrected chi connectivity index (χ1v) is 14.3. The van der Waals surface area contributed by atoms with Crippen LogP contribution in [0.2, 0.25) is 15.1 Å². The average Bonchev–Trinajstić information content (AvgIpc) is 3.38. The maximum atomic E-state index is 12.7. The fourth-order valence-electron chi connectivity index (χ4n) is 5.63. The Kier molecular flexibility index (Phi) is 7.50. The van der Waals surface area contributed by atoms with Gasteiger partial charge in [-0.2, -0.15) is 5.10 Å². The Morgan fingerprint density at radius 1 is 1.13 bits per heavy atom. The summed E-state index contributed by atoms with van der Waals surface area (Å²) < 4.78 is 11.4. The summed E-state index contributed by atoms with van der Waals surface area (Å²) in [5.41, 5.74) is 3.00. The molecule has 0 aromatic heterocycles. The number of nitrogens with zero attached hydrogens (tertiary/aromatic N) is 2. The minimum Gasteiger partial charge on any atom is -0.496 e. The van der Waals surface area contributed by atoms with Crippen molar-refractivity contribution in [3.8, 4) is 11.5 Å². The molecule has 0 radical (unpaired) electrons. The smallest absolute Gasteiger partial charge is 0.264 e. The van der Waals surface area contributed by atoms with E-state index in [4.69, 9.17) is 44.3 Å². The van der Waals surface area contributed by atoms with Crippen LogP contribution in [-0.4, -0.2) is 23.9 Å². The minimum atomic E-state index is -0.207. The quantitative estimate of drug-likeness (QED) is 0.272. The Morgan fingerprint density at radius 2 is 1.87 bits per heavy atom. The maximum Gasteiger partial charge on any atom is 0.264 e. The SMILES string of the molecule is COc1ccc(/C=C2\S/C(=N/N=C3/C[C@@H]4CC[C@]3(C)C4(C)C)NC2=O)cc1COc1c(Cl)cc(Cl)cc1Cl. The molecule has 1 amide bonds. The van der Waals surface area contributed by atoms with Crippen LogP contribution in [0.4, 0.5) is 0 Å². The lowest BCUT2D eigenvalue weighted by Gasteiger charge is -2.34. The van der Waals surface area contributed by atoms with E-state index in [-0.39, 0.29) is 23.3 Å². The topological polar surface area (TPSA) is 72.3 Å². The summed E-state index contributed by atoms with van der Waals surface area (Å²) in [5.74, 6) is 1.41. The number of methoxy groups -OCH3 is 1. The summed E-state index contributed by atoms with van der Waals surface area (Å²) in [4.78, 5) is 13.2. The van der Waals surface area contributed by atoms with Crippen molar-refractivity contribution in [3.05, 3.63) is 61.4 Å². The first-order chi connectivity index (χ1) is 18.0. The maximum absolute atomic E-state index is 12.7. The van der Waals surface area contributed by atoms with Crippen molar-refractivity contribution in [2.75, 3.05) is 7.11 Å². The number of thioether (sulfide) groups is 1. The normalized spacial score (nSPS) is 27.0. The molecule has 1 heterocycles. The highest BCUT2D eigenvalue weighted by Gasteiger charge is 2.60. The highest BCUT2D eigenvalue weighted by atomic mass is 35.5. The summed E-state index contributed by atoms with van der Waals surface area (Å²) in [6.45, 7) is 7.12. The largest absolute Gasteiger partial charge is 0.496 e. The van der Waals surface area contributed by atoms with E-state index < -0.39 is 0 Å². The molecule has 6 nitrogen and oxygen atoms in total. The standard InChI is InChI=1S/C28H28Cl3N3O3S/c1-27(2)17-7-8-28(27,3)23(11-17)33-34-26-32-25(35)22(38-26)10-15-5-6-21(36-4)16(9-15)14-37-24-19(30)12-18(29)13-20(24)31/h5-6,9-10,12-13,17H,7-8,11,14H2,1-4H3,(H,32,34,35)/b22-10-,33-23-/t17-,28-/m0/s1. The van der Waals surface area contributed by atoms with Gasteiger partial charge in [0.1, 0.15) is 12.4 Å². The van der Waals surface area contributed by atoms with Crippen LogP contribution in [0.3, 0.4) is 0 Å². The van der Waals surface area contributed by atoms with E-state index in [1.165, 1.54) is 18.2 Å². The minimum absolute atomic E-state index is 0.0652. The molecule has 2 aromatic carbocycles. The van der Waals surface area contributed by atoms with Crippen LogP contribution in [0.25, 0.3) is 6.08 Å². The lowest BCUT2D eigenvalue weighted by molar-refractivity contribution is -0.115. The van der Waals surface area contributed by atoms with Crippen LogP contribution in [-0.2, 0) is 11.4 Å². The molecule has 0 spiro atoms. The lowest BCUT2D eigenvalue weighted by Crippen LogP contribution is -2.32. The summed E-state index contributed by atoms with van der Waals surface area (Å²) in [6.07, 6.45) is 5.17. The number of rotatable bonds is 6. The number of halogens is 3.